The second-order valence-corrected chi connectivity index (χ2v) is 6.74. The smallest absolute Gasteiger partial charge is 0.331 e. The highest BCUT2D eigenvalue weighted by molar-refractivity contribution is 5.96. The van der Waals surface area contributed by atoms with Gasteiger partial charge in [0.15, 0.2) is 5.65 Å². The van der Waals surface area contributed by atoms with Crippen LogP contribution in [0.1, 0.15) is 34.3 Å². The molecule has 0 atom stereocenters. The van der Waals surface area contributed by atoms with E-state index >= 15 is 0 Å². The number of fused-ring (bicyclic) bond motifs is 1. The summed E-state index contributed by atoms with van der Waals surface area (Å²) in [5.41, 5.74) is 0.943. The van der Waals surface area contributed by atoms with E-state index in [1.54, 1.807) is 30.1 Å². The van der Waals surface area contributed by atoms with Crippen molar-refractivity contribution in [3.63, 3.8) is 0 Å². The van der Waals surface area contributed by atoms with Crippen molar-refractivity contribution >= 4 is 17.1 Å². The quantitative estimate of drug-likeness (QED) is 0.698. The van der Waals surface area contributed by atoms with Crippen molar-refractivity contribution in [2.24, 2.45) is 7.05 Å². The minimum Gasteiger partial charge on any atom is -0.331 e. The minimum absolute atomic E-state index is 0.0433. The van der Waals surface area contributed by atoms with Crippen LogP contribution in [0, 0.1) is 0 Å². The van der Waals surface area contributed by atoms with Gasteiger partial charge in [0.05, 0.1) is 17.5 Å². The van der Waals surface area contributed by atoms with Crippen molar-refractivity contribution in [1.29, 1.82) is 0 Å². The van der Waals surface area contributed by atoms with Crippen molar-refractivity contribution in [2.45, 2.75) is 31.6 Å². The number of imidazole rings is 1. The van der Waals surface area contributed by atoms with Gasteiger partial charge < -0.3 is 9.47 Å². The third-order valence-electron chi connectivity index (χ3n) is 4.71. The molecule has 0 spiro atoms. The zero-order chi connectivity index (χ0) is 19.2. The lowest BCUT2D eigenvalue weighted by atomic mass is 10.1. The zero-order valence-electron chi connectivity index (χ0n) is 14.6. The predicted octanol–water partition coefficient (Wildman–Crippen LogP) is 3.79. The molecule has 0 radical (unpaired) electrons. The summed E-state index contributed by atoms with van der Waals surface area (Å²) in [5.74, 6) is -0.325. The molecule has 27 heavy (non-hydrogen) atoms. The number of alkyl halides is 3. The number of hydrogen-bond donors (Lipinski definition) is 0. The number of halogens is 3. The summed E-state index contributed by atoms with van der Waals surface area (Å²) in [6.45, 7) is -0.0839. The summed E-state index contributed by atoms with van der Waals surface area (Å²) in [4.78, 5) is 23.0. The maximum atomic E-state index is 13.3. The monoisotopic (exact) mass is 374 g/mol. The molecule has 0 bridgehead atoms. The number of nitrogens with zero attached hydrogens (tertiary/aromatic N) is 4. The summed E-state index contributed by atoms with van der Waals surface area (Å²) in [6, 6.07) is 6.97. The Hall–Kier alpha value is -2.90. The largest absolute Gasteiger partial charge is 0.416 e. The zero-order valence-corrected chi connectivity index (χ0v) is 14.6. The average Bonchev–Trinajstić information content (AvgIpc) is 3.42. The van der Waals surface area contributed by atoms with Crippen LogP contribution < -0.4 is 0 Å². The number of amides is 1. The van der Waals surface area contributed by atoms with E-state index in [4.69, 9.17) is 0 Å². The van der Waals surface area contributed by atoms with Gasteiger partial charge in [0.2, 0.25) is 0 Å². The van der Waals surface area contributed by atoms with Gasteiger partial charge in [-0.15, -0.1) is 0 Å². The molecule has 1 aliphatic rings. The van der Waals surface area contributed by atoms with E-state index in [1.165, 1.54) is 23.2 Å². The van der Waals surface area contributed by atoms with Crippen molar-refractivity contribution in [2.75, 3.05) is 0 Å². The van der Waals surface area contributed by atoms with E-state index in [9.17, 15) is 18.0 Å². The van der Waals surface area contributed by atoms with Crippen molar-refractivity contribution < 1.29 is 18.0 Å². The number of carbonyl (C=O) groups excluding carboxylic acids is 1. The maximum absolute atomic E-state index is 13.3. The predicted molar refractivity (Wildman–Crippen MR) is 92.8 cm³/mol. The Morgan fingerprint density at radius 2 is 2.00 bits per heavy atom. The van der Waals surface area contributed by atoms with Crippen LogP contribution in [-0.2, 0) is 19.8 Å². The molecule has 0 unspecified atom stereocenters. The number of hydrogen-bond acceptors (Lipinski definition) is 3. The first kappa shape index (κ1) is 17.5. The molecule has 5 nitrogen and oxygen atoms in total. The Labute approximate surface area is 153 Å². The SMILES string of the molecule is Cn1cnc2cc(C(=O)N(Cc3ccccc3C(F)(F)F)C3CC3)cnc21. The highest BCUT2D eigenvalue weighted by Crippen LogP contribution is 2.35. The Balaban J connectivity index is 1.66. The number of pyridine rings is 1. The van der Waals surface area contributed by atoms with Gasteiger partial charge in [0, 0.05) is 25.8 Å². The number of aromatic nitrogens is 3. The van der Waals surface area contributed by atoms with Crippen LogP contribution in [0.3, 0.4) is 0 Å². The number of rotatable bonds is 4. The van der Waals surface area contributed by atoms with Crippen molar-refractivity contribution in [3.8, 4) is 0 Å². The van der Waals surface area contributed by atoms with Gasteiger partial charge in [-0.25, -0.2) is 9.97 Å². The van der Waals surface area contributed by atoms with Crippen LogP contribution in [0.2, 0.25) is 0 Å². The van der Waals surface area contributed by atoms with Gasteiger partial charge in [-0.05, 0) is 30.5 Å². The van der Waals surface area contributed by atoms with Crippen LogP contribution in [0.25, 0.3) is 11.2 Å². The number of benzene rings is 1. The van der Waals surface area contributed by atoms with E-state index in [0.29, 0.717) is 16.7 Å². The van der Waals surface area contributed by atoms with E-state index < -0.39 is 11.7 Å². The molecule has 8 heteroatoms. The molecule has 0 saturated heterocycles. The fourth-order valence-electron chi connectivity index (χ4n) is 3.17. The molecule has 0 N–H and O–H groups in total. The third kappa shape index (κ3) is 3.39. The van der Waals surface area contributed by atoms with Crippen molar-refractivity contribution in [3.05, 3.63) is 59.5 Å². The first-order valence-electron chi connectivity index (χ1n) is 8.58. The molecule has 3 aromatic rings. The molecule has 2 aromatic heterocycles. The summed E-state index contributed by atoms with van der Waals surface area (Å²) >= 11 is 0. The molecule has 1 saturated carbocycles. The van der Waals surface area contributed by atoms with E-state index in [2.05, 4.69) is 9.97 Å². The van der Waals surface area contributed by atoms with Crippen LogP contribution in [0.15, 0.2) is 42.9 Å². The molecule has 140 valence electrons. The average molecular weight is 374 g/mol. The Bertz CT molecular complexity index is 1010. The Kier molecular flexibility index (Phi) is 4.13. The molecular weight excluding hydrogens is 357 g/mol. The summed E-state index contributed by atoms with van der Waals surface area (Å²) < 4.78 is 41.6. The molecule has 1 aliphatic carbocycles. The second-order valence-electron chi connectivity index (χ2n) is 6.74. The Morgan fingerprint density at radius 1 is 1.26 bits per heavy atom. The van der Waals surface area contributed by atoms with E-state index in [-0.39, 0.29) is 24.1 Å². The molecule has 0 aliphatic heterocycles. The van der Waals surface area contributed by atoms with Crippen molar-refractivity contribution in [1.82, 2.24) is 19.4 Å². The fourth-order valence-corrected chi connectivity index (χ4v) is 3.17. The van der Waals surface area contributed by atoms with Crippen LogP contribution in [0.5, 0.6) is 0 Å². The lowest BCUT2D eigenvalue weighted by molar-refractivity contribution is -0.138. The molecule has 1 amide bonds. The summed E-state index contributed by atoms with van der Waals surface area (Å²) in [5, 5.41) is 0. The normalized spacial score (nSPS) is 14.5. The lowest BCUT2D eigenvalue weighted by Crippen LogP contribution is -2.33. The molecule has 4 rings (SSSR count). The first-order valence-corrected chi connectivity index (χ1v) is 8.58. The van der Waals surface area contributed by atoms with Crippen LogP contribution in [0.4, 0.5) is 13.2 Å². The van der Waals surface area contributed by atoms with E-state index in [1.807, 2.05) is 0 Å². The summed E-state index contributed by atoms with van der Waals surface area (Å²) in [7, 11) is 1.80. The van der Waals surface area contributed by atoms with Gasteiger partial charge in [-0.3, -0.25) is 4.79 Å². The maximum Gasteiger partial charge on any atom is 0.416 e. The number of aryl methyl sites for hydroxylation is 1. The minimum atomic E-state index is -4.46. The highest BCUT2D eigenvalue weighted by Gasteiger charge is 2.37. The third-order valence-corrected chi connectivity index (χ3v) is 4.71. The Morgan fingerprint density at radius 3 is 2.70 bits per heavy atom. The molecular formula is C19H17F3N4O. The van der Waals surface area contributed by atoms with E-state index in [0.717, 1.165) is 18.9 Å². The summed E-state index contributed by atoms with van der Waals surface area (Å²) in [6.07, 6.45) is 0.184. The van der Waals surface area contributed by atoms with Crippen LogP contribution >= 0.6 is 0 Å². The molecule has 1 aromatic carbocycles. The van der Waals surface area contributed by atoms with Gasteiger partial charge in [0.1, 0.15) is 5.52 Å². The van der Waals surface area contributed by atoms with Gasteiger partial charge in [-0.2, -0.15) is 13.2 Å². The number of carbonyl (C=O) groups is 1. The van der Waals surface area contributed by atoms with Crippen LogP contribution in [-0.4, -0.2) is 31.4 Å². The standard InChI is InChI=1S/C19H17F3N4O/c1-25-11-24-16-8-13(9-23-17(16)25)18(27)26(14-6-7-14)10-12-4-2-3-5-15(12)19(20,21)22/h2-5,8-9,11,14H,6-7,10H2,1H3. The van der Waals surface area contributed by atoms with Gasteiger partial charge in [0.25, 0.3) is 5.91 Å². The first-order chi connectivity index (χ1) is 12.8. The van der Waals surface area contributed by atoms with Gasteiger partial charge >= 0.3 is 6.18 Å². The molecule has 2 heterocycles. The lowest BCUT2D eigenvalue weighted by Gasteiger charge is -2.24. The molecule has 1 fully saturated rings. The fraction of sp³-hybridized carbons (Fsp3) is 0.316. The van der Waals surface area contributed by atoms with Gasteiger partial charge in [-0.1, -0.05) is 18.2 Å². The topological polar surface area (TPSA) is 51.0 Å². The highest BCUT2D eigenvalue weighted by atomic mass is 19.4. The second kappa shape index (κ2) is 6.37.